The predicted octanol–water partition coefficient (Wildman–Crippen LogP) is 8.44. The summed E-state index contributed by atoms with van der Waals surface area (Å²) in [6.45, 7) is 9.55. The van der Waals surface area contributed by atoms with Crippen LogP contribution in [0.3, 0.4) is 0 Å². The molecule has 0 atom stereocenters. The summed E-state index contributed by atoms with van der Waals surface area (Å²) in [4.78, 5) is 20.7. The zero-order valence-electron chi connectivity index (χ0n) is 23.9. The molecule has 0 amide bonds. The van der Waals surface area contributed by atoms with Gasteiger partial charge in [0, 0.05) is 54.6 Å². The lowest BCUT2D eigenvalue weighted by Gasteiger charge is -2.27. The van der Waals surface area contributed by atoms with Crippen LogP contribution in [0.1, 0.15) is 71.4 Å². The summed E-state index contributed by atoms with van der Waals surface area (Å²) >= 11 is 1.88. The highest BCUT2D eigenvalue weighted by atomic mass is 32.2. The molecule has 206 valence electrons. The van der Waals surface area contributed by atoms with Crippen LogP contribution in [0.5, 0.6) is 0 Å². The standard InChI is InChI=1S/C12H15NOS.C9H14N2.C7H6O.C4H10/c1-10-8-12(5-4-11(10)9-14)13-6-2-3-7-15-13;1-7-4-5-8(10-2)6-9(7)11-3;8-6-7-4-2-1-3-5-7;1-3-4-2/h4-5,8-9H,2-3,6-7H2,1H3;4-6,10-11H,1-3H3;1-6H;3-4H2,1-2H3. The molecule has 0 bridgehead atoms. The molecule has 1 fully saturated rings. The third-order valence-electron chi connectivity index (χ3n) is 5.90. The molecule has 1 aliphatic heterocycles. The van der Waals surface area contributed by atoms with Crippen molar-refractivity contribution >= 4 is 41.6 Å². The maximum Gasteiger partial charge on any atom is 0.150 e. The van der Waals surface area contributed by atoms with Gasteiger partial charge in [-0.05, 0) is 80.1 Å². The van der Waals surface area contributed by atoms with E-state index in [4.69, 9.17) is 0 Å². The molecule has 0 radical (unpaired) electrons. The summed E-state index contributed by atoms with van der Waals surface area (Å²) in [5.74, 6) is 1.20. The number of carbonyl (C=O) groups is 2. The van der Waals surface area contributed by atoms with E-state index in [0.717, 1.165) is 41.5 Å². The first kappa shape index (κ1) is 32.8. The van der Waals surface area contributed by atoms with Crippen LogP contribution in [0.25, 0.3) is 0 Å². The molecule has 0 saturated carbocycles. The van der Waals surface area contributed by atoms with Crippen LogP contribution >= 0.6 is 11.9 Å². The van der Waals surface area contributed by atoms with Crippen molar-refractivity contribution in [2.75, 3.05) is 41.3 Å². The Hall–Kier alpha value is -3.25. The van der Waals surface area contributed by atoms with Crippen molar-refractivity contribution < 1.29 is 9.59 Å². The van der Waals surface area contributed by atoms with Crippen LogP contribution in [-0.2, 0) is 0 Å². The van der Waals surface area contributed by atoms with Gasteiger partial charge >= 0.3 is 0 Å². The van der Waals surface area contributed by atoms with E-state index in [2.05, 4.69) is 60.0 Å². The van der Waals surface area contributed by atoms with E-state index in [0.29, 0.717) is 0 Å². The summed E-state index contributed by atoms with van der Waals surface area (Å²) < 4.78 is 2.32. The first-order valence-electron chi connectivity index (χ1n) is 13.4. The average molecular weight is 536 g/mol. The molecule has 0 aliphatic carbocycles. The minimum Gasteiger partial charge on any atom is -0.388 e. The molecule has 0 aromatic heterocycles. The Balaban J connectivity index is 0.000000277. The number of aryl methyl sites for hydroxylation is 2. The van der Waals surface area contributed by atoms with Crippen molar-refractivity contribution in [1.82, 2.24) is 0 Å². The minimum atomic E-state index is 0.729. The molecule has 1 aliphatic rings. The lowest BCUT2D eigenvalue weighted by molar-refractivity contribution is 0.111. The number of anilines is 3. The van der Waals surface area contributed by atoms with E-state index in [1.165, 1.54) is 48.4 Å². The molecule has 1 saturated heterocycles. The van der Waals surface area contributed by atoms with Crippen molar-refractivity contribution in [3.8, 4) is 0 Å². The number of unbranched alkanes of at least 4 members (excludes halogenated alkanes) is 1. The zero-order chi connectivity index (χ0) is 28.2. The van der Waals surface area contributed by atoms with E-state index in [1.807, 2.05) is 63.3 Å². The minimum absolute atomic E-state index is 0.729. The predicted molar refractivity (Wildman–Crippen MR) is 168 cm³/mol. The van der Waals surface area contributed by atoms with Crippen molar-refractivity contribution in [3.63, 3.8) is 0 Å². The quantitative estimate of drug-likeness (QED) is 0.244. The van der Waals surface area contributed by atoms with E-state index < -0.39 is 0 Å². The highest BCUT2D eigenvalue weighted by Crippen LogP contribution is 2.28. The van der Waals surface area contributed by atoms with Crippen molar-refractivity contribution in [2.45, 2.75) is 53.4 Å². The third kappa shape index (κ3) is 12.3. The number of carbonyl (C=O) groups excluding carboxylic acids is 2. The van der Waals surface area contributed by atoms with Gasteiger partial charge in [0.15, 0.2) is 0 Å². The monoisotopic (exact) mass is 535 g/mol. The van der Waals surface area contributed by atoms with Gasteiger partial charge in [-0.15, -0.1) is 0 Å². The number of hydrogen-bond acceptors (Lipinski definition) is 6. The number of nitrogens with one attached hydrogen (secondary N) is 2. The summed E-state index contributed by atoms with van der Waals surface area (Å²) in [5, 5.41) is 6.22. The average Bonchev–Trinajstić information content (AvgIpc) is 2.99. The first-order valence-corrected chi connectivity index (χ1v) is 14.3. The van der Waals surface area contributed by atoms with Crippen molar-refractivity contribution in [2.24, 2.45) is 0 Å². The summed E-state index contributed by atoms with van der Waals surface area (Å²) in [7, 11) is 3.85. The van der Waals surface area contributed by atoms with Gasteiger partial charge in [0.1, 0.15) is 12.6 Å². The van der Waals surface area contributed by atoms with E-state index in [-0.39, 0.29) is 0 Å². The van der Waals surface area contributed by atoms with Gasteiger partial charge in [0.25, 0.3) is 0 Å². The number of rotatable bonds is 6. The summed E-state index contributed by atoms with van der Waals surface area (Å²) in [5.41, 5.74) is 7.40. The molecular formula is C32H45N3O2S. The summed E-state index contributed by atoms with van der Waals surface area (Å²) in [6, 6.07) is 21.4. The number of nitrogens with zero attached hydrogens (tertiary/aromatic N) is 1. The van der Waals surface area contributed by atoms with Gasteiger partial charge < -0.3 is 14.9 Å². The Labute approximate surface area is 234 Å². The Morgan fingerprint density at radius 1 is 0.816 bits per heavy atom. The first-order chi connectivity index (χ1) is 18.4. The fourth-order valence-electron chi connectivity index (χ4n) is 3.33. The van der Waals surface area contributed by atoms with Crippen LogP contribution in [0.2, 0.25) is 0 Å². The second kappa shape index (κ2) is 19.8. The Morgan fingerprint density at radius 3 is 2.00 bits per heavy atom. The fourth-order valence-corrected chi connectivity index (χ4v) is 4.40. The molecule has 0 spiro atoms. The highest BCUT2D eigenvalue weighted by Gasteiger charge is 2.12. The molecule has 6 heteroatoms. The Bertz CT molecular complexity index is 1070. The molecular weight excluding hydrogens is 490 g/mol. The number of hydrogen-bond donors (Lipinski definition) is 2. The Morgan fingerprint density at radius 2 is 1.53 bits per heavy atom. The molecule has 5 nitrogen and oxygen atoms in total. The van der Waals surface area contributed by atoms with E-state index in [9.17, 15) is 9.59 Å². The van der Waals surface area contributed by atoms with Crippen LogP contribution in [0, 0.1) is 13.8 Å². The lowest BCUT2D eigenvalue weighted by atomic mass is 10.1. The van der Waals surface area contributed by atoms with Crippen LogP contribution < -0.4 is 14.9 Å². The third-order valence-corrected chi connectivity index (χ3v) is 7.08. The molecule has 1 heterocycles. The van der Waals surface area contributed by atoms with Crippen LogP contribution in [0.4, 0.5) is 17.1 Å². The maximum atomic E-state index is 10.7. The second-order valence-electron chi connectivity index (χ2n) is 8.86. The van der Waals surface area contributed by atoms with Gasteiger partial charge in [0.05, 0.1) is 0 Å². The molecule has 3 aromatic rings. The zero-order valence-corrected chi connectivity index (χ0v) is 24.7. The fraction of sp³-hybridized carbons (Fsp3) is 0.375. The molecule has 38 heavy (non-hydrogen) atoms. The summed E-state index contributed by atoms with van der Waals surface area (Å²) in [6.07, 6.45) is 6.97. The molecule has 4 rings (SSSR count). The highest BCUT2D eigenvalue weighted by molar-refractivity contribution is 8.00. The Kier molecular flexibility index (Phi) is 17.1. The van der Waals surface area contributed by atoms with E-state index in [1.54, 1.807) is 12.1 Å². The maximum absolute atomic E-state index is 10.7. The normalized spacial score (nSPS) is 11.8. The molecule has 2 N–H and O–H groups in total. The molecule has 3 aromatic carbocycles. The van der Waals surface area contributed by atoms with Gasteiger partial charge in [-0.3, -0.25) is 9.59 Å². The van der Waals surface area contributed by atoms with Gasteiger partial charge in [-0.25, -0.2) is 0 Å². The SMILES string of the molecule is CCCC.CNc1ccc(C)c(NC)c1.Cc1cc(N2CCCCS2)ccc1C=O.O=Cc1ccccc1. The molecule has 0 unspecified atom stereocenters. The largest absolute Gasteiger partial charge is 0.388 e. The van der Waals surface area contributed by atoms with Crippen LogP contribution in [0.15, 0.2) is 66.7 Å². The van der Waals surface area contributed by atoms with Crippen LogP contribution in [-0.4, -0.2) is 39.0 Å². The smallest absolute Gasteiger partial charge is 0.150 e. The van der Waals surface area contributed by atoms with Crippen molar-refractivity contribution in [3.05, 3.63) is 89.0 Å². The topological polar surface area (TPSA) is 61.4 Å². The van der Waals surface area contributed by atoms with Gasteiger partial charge in [-0.1, -0.05) is 63.1 Å². The van der Waals surface area contributed by atoms with Crippen molar-refractivity contribution in [1.29, 1.82) is 0 Å². The van der Waals surface area contributed by atoms with Gasteiger partial charge in [0.2, 0.25) is 0 Å². The van der Waals surface area contributed by atoms with E-state index >= 15 is 0 Å². The van der Waals surface area contributed by atoms with Gasteiger partial charge in [-0.2, -0.15) is 0 Å². The number of aldehydes is 2. The second-order valence-corrected chi connectivity index (χ2v) is 9.97. The number of benzene rings is 3. The lowest BCUT2D eigenvalue weighted by Crippen LogP contribution is -2.21.